The van der Waals surface area contributed by atoms with Crippen LogP contribution in [0.2, 0.25) is 0 Å². The maximum absolute atomic E-state index is 12.5. The molecule has 0 aliphatic carbocycles. The maximum atomic E-state index is 12.5. The number of hydrogen-bond donors (Lipinski definition) is 1. The highest BCUT2D eigenvalue weighted by molar-refractivity contribution is 7.00. The van der Waals surface area contributed by atoms with Gasteiger partial charge in [0, 0.05) is 24.2 Å². The summed E-state index contributed by atoms with van der Waals surface area (Å²) in [6.45, 7) is 1.24. The summed E-state index contributed by atoms with van der Waals surface area (Å²) in [6, 6.07) is 8.77. The molecule has 1 atom stereocenters. The smallest absolute Gasteiger partial charge is 0.255 e. The highest BCUT2D eigenvalue weighted by Crippen LogP contribution is 2.22. The molecule has 1 fully saturated rings. The van der Waals surface area contributed by atoms with Gasteiger partial charge in [-0.15, -0.1) is 0 Å². The monoisotopic (exact) mass is 342 g/mol. The molecule has 1 aromatic carbocycles. The van der Waals surface area contributed by atoms with Crippen molar-refractivity contribution in [1.29, 1.82) is 0 Å². The van der Waals surface area contributed by atoms with Gasteiger partial charge in [-0.05, 0) is 18.2 Å². The number of nitrogens with one attached hydrogen (secondary N) is 1. The number of fused-ring (bicyclic) bond motifs is 1. The molecular weight excluding hydrogens is 328 g/mol. The number of carbonyl (C=O) groups excluding carboxylic acids is 1. The van der Waals surface area contributed by atoms with Gasteiger partial charge in [0.05, 0.1) is 30.6 Å². The van der Waals surface area contributed by atoms with Crippen LogP contribution in [0.3, 0.4) is 0 Å². The number of ether oxygens (including phenoxy) is 2. The molecule has 1 N–H and O–H groups in total. The molecule has 0 radical (unpaired) electrons. The van der Waals surface area contributed by atoms with Crippen molar-refractivity contribution in [3.05, 3.63) is 42.1 Å². The standard InChI is InChI=1S/C16H14N4O3S/c21-16(18-12-2-1-3-13-15(12)20-24-19-13)10-4-6-17-14(8-10)23-11-5-7-22-9-11/h1-4,6,8,11H,5,7,9H2,(H,18,21)/t11-/m0/s1. The second-order valence-corrected chi connectivity index (χ2v) is 5.91. The average molecular weight is 342 g/mol. The molecule has 122 valence electrons. The van der Waals surface area contributed by atoms with Crippen LogP contribution < -0.4 is 10.1 Å². The molecule has 0 saturated carbocycles. The van der Waals surface area contributed by atoms with Crippen molar-refractivity contribution < 1.29 is 14.3 Å². The van der Waals surface area contributed by atoms with Crippen molar-refractivity contribution in [2.24, 2.45) is 0 Å². The van der Waals surface area contributed by atoms with Gasteiger partial charge in [-0.3, -0.25) is 4.79 Å². The molecule has 0 unspecified atom stereocenters. The summed E-state index contributed by atoms with van der Waals surface area (Å²) in [5, 5.41) is 2.87. The van der Waals surface area contributed by atoms with E-state index in [0.29, 0.717) is 35.9 Å². The quantitative estimate of drug-likeness (QED) is 0.784. The SMILES string of the molecule is O=C(Nc1cccc2nsnc12)c1ccnc(O[C@H]2CCOC2)c1. The first-order chi connectivity index (χ1) is 11.8. The Morgan fingerprint density at radius 2 is 2.29 bits per heavy atom. The Bertz CT molecular complexity index is 876. The van der Waals surface area contributed by atoms with Crippen molar-refractivity contribution in [2.45, 2.75) is 12.5 Å². The molecule has 1 saturated heterocycles. The fourth-order valence-electron chi connectivity index (χ4n) is 2.49. The van der Waals surface area contributed by atoms with Gasteiger partial charge in [0.25, 0.3) is 5.91 Å². The lowest BCUT2D eigenvalue weighted by molar-refractivity contribution is 0.102. The molecule has 0 bridgehead atoms. The molecule has 1 amide bonds. The third kappa shape index (κ3) is 3.06. The van der Waals surface area contributed by atoms with E-state index < -0.39 is 0 Å². The average Bonchev–Trinajstić information content (AvgIpc) is 3.27. The topological polar surface area (TPSA) is 86.2 Å². The Labute approximate surface area is 142 Å². The number of benzene rings is 1. The Hall–Kier alpha value is -2.58. The molecule has 0 spiro atoms. The number of carbonyl (C=O) groups is 1. The van der Waals surface area contributed by atoms with Gasteiger partial charge in [-0.25, -0.2) is 4.98 Å². The summed E-state index contributed by atoms with van der Waals surface area (Å²) in [5.74, 6) is 0.178. The minimum Gasteiger partial charge on any atom is -0.472 e. The number of nitrogens with zero attached hydrogens (tertiary/aromatic N) is 3. The third-order valence-electron chi connectivity index (χ3n) is 3.71. The zero-order valence-electron chi connectivity index (χ0n) is 12.6. The Balaban J connectivity index is 1.52. The van der Waals surface area contributed by atoms with Crippen molar-refractivity contribution in [3.8, 4) is 5.88 Å². The van der Waals surface area contributed by atoms with Crippen LogP contribution in [0.1, 0.15) is 16.8 Å². The number of hydrogen-bond acceptors (Lipinski definition) is 7. The van der Waals surface area contributed by atoms with Crippen LogP contribution in [0.4, 0.5) is 5.69 Å². The molecule has 1 aliphatic rings. The van der Waals surface area contributed by atoms with E-state index in [9.17, 15) is 4.79 Å². The number of rotatable bonds is 4. The van der Waals surface area contributed by atoms with E-state index in [2.05, 4.69) is 19.0 Å². The zero-order chi connectivity index (χ0) is 16.4. The number of amides is 1. The first-order valence-electron chi connectivity index (χ1n) is 7.53. The van der Waals surface area contributed by atoms with Gasteiger partial charge in [0.1, 0.15) is 17.1 Å². The predicted molar refractivity (Wildman–Crippen MR) is 89.5 cm³/mol. The Kier molecular flexibility index (Phi) is 4.06. The van der Waals surface area contributed by atoms with Crippen LogP contribution in [0.25, 0.3) is 11.0 Å². The van der Waals surface area contributed by atoms with E-state index in [1.165, 1.54) is 0 Å². The van der Waals surface area contributed by atoms with Crippen molar-refractivity contribution in [2.75, 3.05) is 18.5 Å². The summed E-state index contributed by atoms with van der Waals surface area (Å²) in [5.41, 5.74) is 2.55. The predicted octanol–water partition coefficient (Wildman–Crippen LogP) is 2.51. The van der Waals surface area contributed by atoms with Crippen LogP contribution >= 0.6 is 11.7 Å². The van der Waals surface area contributed by atoms with Crippen LogP contribution in [0.15, 0.2) is 36.5 Å². The van der Waals surface area contributed by atoms with Crippen molar-refractivity contribution in [1.82, 2.24) is 13.7 Å². The fourth-order valence-corrected chi connectivity index (χ4v) is 3.04. The fraction of sp³-hybridized carbons (Fsp3) is 0.250. The first kappa shape index (κ1) is 15.0. The maximum Gasteiger partial charge on any atom is 0.255 e. The molecular formula is C16H14N4O3S. The highest BCUT2D eigenvalue weighted by Gasteiger charge is 2.18. The summed E-state index contributed by atoms with van der Waals surface area (Å²) >= 11 is 1.12. The van der Waals surface area contributed by atoms with Gasteiger partial charge in [-0.1, -0.05) is 6.07 Å². The molecule has 2 aromatic heterocycles. The van der Waals surface area contributed by atoms with Gasteiger partial charge in [0.2, 0.25) is 5.88 Å². The normalized spacial score (nSPS) is 17.1. The lowest BCUT2D eigenvalue weighted by Crippen LogP contribution is -2.17. The summed E-state index contributed by atoms with van der Waals surface area (Å²) in [4.78, 5) is 16.7. The molecule has 1 aliphatic heterocycles. The lowest BCUT2D eigenvalue weighted by atomic mass is 10.2. The van der Waals surface area contributed by atoms with Gasteiger partial charge in [0.15, 0.2) is 0 Å². The molecule has 3 aromatic rings. The van der Waals surface area contributed by atoms with Crippen molar-refractivity contribution >= 4 is 34.4 Å². The van der Waals surface area contributed by atoms with Gasteiger partial charge in [-0.2, -0.15) is 8.75 Å². The van der Waals surface area contributed by atoms with E-state index in [-0.39, 0.29) is 12.0 Å². The number of aromatic nitrogens is 3. The van der Waals surface area contributed by atoms with E-state index >= 15 is 0 Å². The van der Waals surface area contributed by atoms with E-state index in [4.69, 9.17) is 9.47 Å². The zero-order valence-corrected chi connectivity index (χ0v) is 13.5. The van der Waals surface area contributed by atoms with E-state index in [1.807, 2.05) is 12.1 Å². The van der Waals surface area contributed by atoms with Gasteiger partial charge < -0.3 is 14.8 Å². The van der Waals surface area contributed by atoms with Crippen LogP contribution in [0, 0.1) is 0 Å². The Morgan fingerprint density at radius 3 is 3.17 bits per heavy atom. The second kappa shape index (κ2) is 6.50. The third-order valence-corrected chi connectivity index (χ3v) is 4.25. The summed E-state index contributed by atoms with van der Waals surface area (Å²) < 4.78 is 19.4. The molecule has 7 nitrogen and oxygen atoms in total. The van der Waals surface area contributed by atoms with Crippen LogP contribution in [-0.4, -0.2) is 39.0 Å². The minimum atomic E-state index is -0.245. The molecule has 3 heterocycles. The highest BCUT2D eigenvalue weighted by atomic mass is 32.1. The second-order valence-electron chi connectivity index (χ2n) is 5.38. The van der Waals surface area contributed by atoms with E-state index in [0.717, 1.165) is 23.7 Å². The van der Waals surface area contributed by atoms with Gasteiger partial charge >= 0.3 is 0 Å². The van der Waals surface area contributed by atoms with Crippen LogP contribution in [-0.2, 0) is 4.74 Å². The molecule has 8 heteroatoms. The minimum absolute atomic E-state index is 0.00867. The summed E-state index contributed by atoms with van der Waals surface area (Å²) in [6.07, 6.45) is 2.38. The lowest BCUT2D eigenvalue weighted by Gasteiger charge is -2.11. The number of anilines is 1. The van der Waals surface area contributed by atoms with Crippen molar-refractivity contribution in [3.63, 3.8) is 0 Å². The summed E-state index contributed by atoms with van der Waals surface area (Å²) in [7, 11) is 0. The first-order valence-corrected chi connectivity index (χ1v) is 8.26. The van der Waals surface area contributed by atoms with E-state index in [1.54, 1.807) is 24.4 Å². The Morgan fingerprint density at radius 1 is 1.33 bits per heavy atom. The largest absolute Gasteiger partial charge is 0.472 e. The number of pyridine rings is 1. The molecule has 24 heavy (non-hydrogen) atoms. The van der Waals surface area contributed by atoms with Crippen LogP contribution in [0.5, 0.6) is 5.88 Å². The molecule has 4 rings (SSSR count).